The van der Waals surface area contributed by atoms with E-state index in [9.17, 15) is 0 Å². The van der Waals surface area contributed by atoms with E-state index < -0.39 is 0 Å². The van der Waals surface area contributed by atoms with Crippen molar-refractivity contribution in [1.29, 1.82) is 0 Å². The first-order valence-electron chi connectivity index (χ1n) is 11.0. The van der Waals surface area contributed by atoms with Gasteiger partial charge in [0.05, 0.1) is 33.9 Å². The zero-order chi connectivity index (χ0) is 21.9. The number of hydrogen-bond acceptors (Lipinski definition) is 1. The lowest BCUT2D eigenvalue weighted by molar-refractivity contribution is 1.51. The Morgan fingerprint density at radius 2 is 1.12 bits per heavy atom. The molecule has 0 fully saturated rings. The summed E-state index contributed by atoms with van der Waals surface area (Å²) in [4.78, 5) is 0. The fourth-order valence-electron chi connectivity index (χ4n) is 4.94. The summed E-state index contributed by atoms with van der Waals surface area (Å²) in [7, 11) is 0. The Balaban J connectivity index is 1.56. The Kier molecular flexibility index (Phi) is 4.36. The van der Waals surface area contributed by atoms with E-state index >= 15 is 0 Å². The molecule has 0 radical (unpaired) electrons. The third-order valence-electron chi connectivity index (χ3n) is 6.52. The second-order valence-corrected chi connectivity index (χ2v) is 10.4. The van der Waals surface area contributed by atoms with Crippen molar-refractivity contribution in [3.63, 3.8) is 0 Å². The first kappa shape index (κ1) is 19.3. The van der Waals surface area contributed by atoms with Gasteiger partial charge in [-0.15, -0.1) is 11.3 Å². The molecule has 7 aromatic rings. The number of halogens is 1. The number of nitrogens with zero attached hydrogens (tertiary/aromatic N) is 1. The van der Waals surface area contributed by atoms with Gasteiger partial charge in [0.1, 0.15) is 0 Å². The minimum absolute atomic E-state index is 1.25. The maximum atomic E-state index is 2.48. The summed E-state index contributed by atoms with van der Waals surface area (Å²) >= 11 is 4.36. The van der Waals surface area contributed by atoms with E-state index in [2.05, 4.69) is 135 Å². The lowest BCUT2D eigenvalue weighted by Crippen LogP contribution is -1.81. The highest BCUT2D eigenvalue weighted by Gasteiger charge is 2.17. The van der Waals surface area contributed by atoms with Crippen molar-refractivity contribution >= 4 is 76.2 Å². The molecule has 5 aromatic carbocycles. The standard InChI is InChI=1S/C30H18INS/c31-32-26-14-11-21(19-7-3-1-4-8-19)17-24(26)23-13-16-28-29(30(23)32)25-18-22(12-15-27(25)33-28)20-9-5-2-6-10-20/h1-18H. The molecule has 0 amide bonds. The van der Waals surface area contributed by atoms with Crippen LogP contribution in [-0.2, 0) is 0 Å². The third kappa shape index (κ3) is 2.96. The topological polar surface area (TPSA) is 4.93 Å². The Labute approximate surface area is 209 Å². The van der Waals surface area contributed by atoms with Crippen molar-refractivity contribution in [2.75, 3.05) is 0 Å². The summed E-state index contributed by atoms with van der Waals surface area (Å²) in [5.41, 5.74) is 7.61. The molecule has 0 saturated heterocycles. The molecule has 0 aliphatic carbocycles. The summed E-state index contributed by atoms with van der Waals surface area (Å²) in [6, 6.07) is 39.6. The highest BCUT2D eigenvalue weighted by molar-refractivity contribution is 14.1. The molecule has 0 bridgehead atoms. The number of thiophene rings is 1. The van der Waals surface area contributed by atoms with Crippen LogP contribution in [0.1, 0.15) is 0 Å². The first-order chi connectivity index (χ1) is 16.3. The van der Waals surface area contributed by atoms with Crippen LogP contribution in [0.15, 0.2) is 109 Å². The van der Waals surface area contributed by atoms with Crippen LogP contribution < -0.4 is 0 Å². The van der Waals surface area contributed by atoms with Gasteiger partial charge in [-0.1, -0.05) is 78.9 Å². The predicted octanol–water partition coefficient (Wildman–Crippen LogP) is 9.69. The minimum Gasteiger partial charge on any atom is -0.281 e. The van der Waals surface area contributed by atoms with Crippen molar-refractivity contribution in [3.8, 4) is 22.3 Å². The van der Waals surface area contributed by atoms with E-state index in [-0.39, 0.29) is 0 Å². The van der Waals surface area contributed by atoms with Crippen molar-refractivity contribution in [2.45, 2.75) is 0 Å². The molecular formula is C30H18INS. The summed E-state index contributed by atoms with van der Waals surface area (Å²) in [5, 5.41) is 5.32. The van der Waals surface area contributed by atoms with Gasteiger partial charge in [0, 0.05) is 30.9 Å². The average Bonchev–Trinajstić information content (AvgIpc) is 3.39. The van der Waals surface area contributed by atoms with Gasteiger partial charge >= 0.3 is 0 Å². The molecule has 0 spiro atoms. The van der Waals surface area contributed by atoms with Gasteiger partial charge in [0.2, 0.25) is 0 Å². The molecule has 33 heavy (non-hydrogen) atoms. The number of fused-ring (bicyclic) bond motifs is 7. The van der Waals surface area contributed by atoms with Crippen LogP contribution in [0.5, 0.6) is 0 Å². The highest BCUT2D eigenvalue weighted by atomic mass is 127. The lowest BCUT2D eigenvalue weighted by Gasteiger charge is -2.03. The molecule has 0 saturated carbocycles. The van der Waals surface area contributed by atoms with Crippen molar-refractivity contribution in [2.24, 2.45) is 0 Å². The summed E-state index contributed by atoms with van der Waals surface area (Å²) in [5.74, 6) is 0. The van der Waals surface area contributed by atoms with Crippen molar-refractivity contribution in [1.82, 2.24) is 2.78 Å². The van der Waals surface area contributed by atoms with Crippen LogP contribution in [-0.4, -0.2) is 2.78 Å². The van der Waals surface area contributed by atoms with E-state index in [0.29, 0.717) is 0 Å². The van der Waals surface area contributed by atoms with E-state index in [1.54, 1.807) is 0 Å². The molecule has 7 rings (SSSR count). The maximum absolute atomic E-state index is 2.48. The first-order valence-corrected chi connectivity index (χ1v) is 12.8. The maximum Gasteiger partial charge on any atom is 0.0683 e. The molecule has 2 heterocycles. The van der Waals surface area contributed by atoms with E-state index in [1.807, 2.05) is 11.3 Å². The van der Waals surface area contributed by atoms with Gasteiger partial charge in [0.15, 0.2) is 0 Å². The van der Waals surface area contributed by atoms with Gasteiger partial charge < -0.3 is 0 Å². The van der Waals surface area contributed by atoms with Crippen molar-refractivity contribution in [3.05, 3.63) is 109 Å². The fourth-order valence-corrected chi connectivity index (χ4v) is 6.95. The molecule has 0 N–H and O–H groups in total. The van der Waals surface area contributed by atoms with Gasteiger partial charge in [-0.25, -0.2) is 0 Å². The number of benzene rings is 5. The third-order valence-corrected chi connectivity index (χ3v) is 8.66. The SMILES string of the molecule is In1c2ccc(-c3ccccc3)cc2c2ccc3sc4ccc(-c5ccccc5)cc4c3c21. The van der Waals surface area contributed by atoms with Gasteiger partial charge in [-0.3, -0.25) is 2.78 Å². The Bertz CT molecular complexity index is 1810. The highest BCUT2D eigenvalue weighted by Crippen LogP contribution is 2.44. The van der Waals surface area contributed by atoms with Crippen LogP contribution in [0.25, 0.3) is 64.2 Å². The molecule has 0 unspecified atom stereocenters. The fraction of sp³-hybridized carbons (Fsp3) is 0. The van der Waals surface area contributed by atoms with Crippen LogP contribution in [0, 0.1) is 0 Å². The largest absolute Gasteiger partial charge is 0.281 e. The number of aromatic nitrogens is 1. The van der Waals surface area contributed by atoms with E-state index in [1.165, 1.54) is 64.2 Å². The predicted molar refractivity (Wildman–Crippen MR) is 153 cm³/mol. The second-order valence-electron chi connectivity index (χ2n) is 8.39. The minimum atomic E-state index is 1.25. The number of rotatable bonds is 2. The monoisotopic (exact) mass is 551 g/mol. The number of hydrogen-bond donors (Lipinski definition) is 0. The van der Waals surface area contributed by atoms with E-state index in [0.717, 1.165) is 0 Å². The molecule has 3 heteroatoms. The van der Waals surface area contributed by atoms with Gasteiger partial charge in [-0.2, -0.15) is 0 Å². The van der Waals surface area contributed by atoms with Crippen LogP contribution >= 0.6 is 34.2 Å². The Morgan fingerprint density at radius 3 is 1.82 bits per heavy atom. The quantitative estimate of drug-likeness (QED) is 0.189. The summed E-state index contributed by atoms with van der Waals surface area (Å²) in [6.07, 6.45) is 0. The molecular weight excluding hydrogens is 533 g/mol. The average molecular weight is 551 g/mol. The molecule has 0 aliphatic rings. The molecule has 156 valence electrons. The van der Waals surface area contributed by atoms with Crippen molar-refractivity contribution < 1.29 is 0 Å². The normalized spacial score (nSPS) is 11.8. The van der Waals surface area contributed by atoms with Gasteiger partial charge in [-0.05, 0) is 52.6 Å². The molecule has 0 aliphatic heterocycles. The Morgan fingerprint density at radius 1 is 0.515 bits per heavy atom. The zero-order valence-electron chi connectivity index (χ0n) is 17.6. The smallest absolute Gasteiger partial charge is 0.0683 e. The molecule has 2 aromatic heterocycles. The Hall–Kier alpha value is -3.15. The summed E-state index contributed by atoms with van der Waals surface area (Å²) in [6.45, 7) is 0. The zero-order valence-corrected chi connectivity index (χ0v) is 20.6. The molecule has 0 atom stereocenters. The van der Waals surface area contributed by atoms with Crippen LogP contribution in [0.3, 0.4) is 0 Å². The lowest BCUT2D eigenvalue weighted by atomic mass is 10.0. The molecule has 1 nitrogen and oxygen atoms in total. The summed E-state index contributed by atoms with van der Waals surface area (Å²) < 4.78 is 5.02. The second kappa shape index (κ2) is 7.44. The van der Waals surface area contributed by atoms with E-state index in [4.69, 9.17) is 0 Å². The van der Waals surface area contributed by atoms with Gasteiger partial charge in [0.25, 0.3) is 0 Å². The van der Waals surface area contributed by atoms with Crippen LogP contribution in [0.4, 0.5) is 0 Å². The van der Waals surface area contributed by atoms with Crippen LogP contribution in [0.2, 0.25) is 0 Å².